The van der Waals surface area contributed by atoms with Crippen LogP contribution in [0.15, 0.2) is 30.2 Å². The van der Waals surface area contributed by atoms with Gasteiger partial charge >= 0.3 is 5.97 Å². The lowest BCUT2D eigenvalue weighted by atomic mass is 9.77. The van der Waals surface area contributed by atoms with Gasteiger partial charge in [0, 0.05) is 24.2 Å². The number of amides is 1. The van der Waals surface area contributed by atoms with Crippen LogP contribution in [0.1, 0.15) is 41.5 Å². The summed E-state index contributed by atoms with van der Waals surface area (Å²) in [7, 11) is 0. The summed E-state index contributed by atoms with van der Waals surface area (Å²) < 4.78 is 24.3. The molecule has 1 aromatic carbocycles. The van der Waals surface area contributed by atoms with Crippen LogP contribution in [0, 0.1) is 12.3 Å². The molecule has 7 heteroatoms. The van der Waals surface area contributed by atoms with E-state index in [4.69, 9.17) is 9.47 Å². The van der Waals surface area contributed by atoms with Crippen LogP contribution in [-0.2, 0) is 32.1 Å². The van der Waals surface area contributed by atoms with Gasteiger partial charge in [-0.1, -0.05) is 18.7 Å². The summed E-state index contributed by atoms with van der Waals surface area (Å²) >= 11 is 0. The molecule has 0 N–H and O–H groups in total. The highest BCUT2D eigenvalue weighted by atomic mass is 19.1. The van der Waals surface area contributed by atoms with Crippen molar-refractivity contribution in [1.82, 2.24) is 9.80 Å². The molecule has 1 amide bonds. The van der Waals surface area contributed by atoms with Crippen molar-refractivity contribution in [2.75, 3.05) is 32.8 Å². The molecular formula is C24H27FN2O4. The average molecular weight is 426 g/mol. The Bertz CT molecular complexity index is 1010. The second-order valence-corrected chi connectivity index (χ2v) is 9.00. The van der Waals surface area contributed by atoms with Gasteiger partial charge in [-0.3, -0.25) is 4.79 Å². The van der Waals surface area contributed by atoms with E-state index in [2.05, 4.69) is 30.5 Å². The second kappa shape index (κ2) is 7.48. The number of carbonyl (C=O) groups excluding carboxylic acids is 2. The largest absolute Gasteiger partial charge is 0.489 e. The Morgan fingerprint density at radius 2 is 1.84 bits per heavy atom. The Balaban J connectivity index is 1.20. The van der Waals surface area contributed by atoms with Gasteiger partial charge in [0.25, 0.3) is 0 Å². The SMILES string of the molecule is C=C1OCc2c1ccc(CCN1CCC3(CC1)CCN(C1=C(F)C(=O)OC1)C3=O)c2C. The van der Waals surface area contributed by atoms with E-state index in [1.54, 1.807) is 0 Å². The summed E-state index contributed by atoms with van der Waals surface area (Å²) in [5.41, 5.74) is 4.65. The fourth-order valence-corrected chi connectivity index (χ4v) is 5.36. The van der Waals surface area contributed by atoms with Crippen LogP contribution in [0.2, 0.25) is 0 Å². The van der Waals surface area contributed by atoms with E-state index < -0.39 is 17.2 Å². The van der Waals surface area contributed by atoms with E-state index in [1.807, 2.05) is 0 Å². The van der Waals surface area contributed by atoms with Crippen LogP contribution in [0.5, 0.6) is 0 Å². The van der Waals surface area contributed by atoms with E-state index >= 15 is 0 Å². The van der Waals surface area contributed by atoms with Crippen LogP contribution in [-0.4, -0.2) is 54.5 Å². The number of carbonyl (C=O) groups is 2. The van der Waals surface area contributed by atoms with Crippen molar-refractivity contribution in [3.05, 3.63) is 52.5 Å². The highest BCUT2D eigenvalue weighted by molar-refractivity contribution is 5.93. The van der Waals surface area contributed by atoms with Crippen LogP contribution in [0.25, 0.3) is 5.76 Å². The third kappa shape index (κ3) is 3.26. The van der Waals surface area contributed by atoms with Gasteiger partial charge in [0.2, 0.25) is 11.7 Å². The maximum Gasteiger partial charge on any atom is 0.369 e. The molecule has 6 nitrogen and oxygen atoms in total. The summed E-state index contributed by atoms with van der Waals surface area (Å²) in [5, 5.41) is 0. The number of benzene rings is 1. The number of likely N-dealkylation sites (tertiary alicyclic amines) is 2. The van der Waals surface area contributed by atoms with Crippen molar-refractivity contribution in [3.63, 3.8) is 0 Å². The Morgan fingerprint density at radius 1 is 1.10 bits per heavy atom. The lowest BCUT2D eigenvalue weighted by molar-refractivity contribution is -0.139. The zero-order chi connectivity index (χ0) is 21.8. The van der Waals surface area contributed by atoms with Crippen molar-refractivity contribution < 1.29 is 23.5 Å². The first-order valence-corrected chi connectivity index (χ1v) is 10.9. The third-order valence-electron chi connectivity index (χ3n) is 7.52. The van der Waals surface area contributed by atoms with Crippen LogP contribution >= 0.6 is 0 Å². The second-order valence-electron chi connectivity index (χ2n) is 9.00. The normalized spacial score (nSPS) is 23.0. The molecule has 0 bridgehead atoms. The minimum atomic E-state index is -0.962. The molecule has 31 heavy (non-hydrogen) atoms. The predicted molar refractivity (Wildman–Crippen MR) is 112 cm³/mol. The number of hydrogen-bond acceptors (Lipinski definition) is 5. The molecule has 2 fully saturated rings. The molecule has 164 valence electrons. The van der Waals surface area contributed by atoms with E-state index in [1.165, 1.54) is 21.6 Å². The van der Waals surface area contributed by atoms with E-state index in [0.717, 1.165) is 50.2 Å². The molecule has 5 rings (SSSR count). The monoisotopic (exact) mass is 426 g/mol. The first kappa shape index (κ1) is 20.2. The smallest absolute Gasteiger partial charge is 0.369 e. The molecule has 0 radical (unpaired) electrons. The van der Waals surface area contributed by atoms with Gasteiger partial charge < -0.3 is 19.3 Å². The number of cyclic esters (lactones) is 1. The van der Waals surface area contributed by atoms with Crippen molar-refractivity contribution in [2.45, 2.75) is 39.2 Å². The molecule has 4 aliphatic rings. The van der Waals surface area contributed by atoms with E-state index in [-0.39, 0.29) is 18.2 Å². The number of piperidine rings is 1. The third-order valence-corrected chi connectivity index (χ3v) is 7.52. The zero-order valence-corrected chi connectivity index (χ0v) is 17.8. The Hall–Kier alpha value is -2.67. The molecule has 4 aliphatic heterocycles. The molecular weight excluding hydrogens is 399 g/mol. The minimum absolute atomic E-state index is 0.0507. The van der Waals surface area contributed by atoms with Gasteiger partial charge in [0.15, 0.2) is 0 Å². The van der Waals surface area contributed by atoms with Crippen LogP contribution in [0.3, 0.4) is 0 Å². The van der Waals surface area contributed by atoms with Gasteiger partial charge in [0.1, 0.15) is 24.7 Å². The van der Waals surface area contributed by atoms with Gasteiger partial charge in [-0.2, -0.15) is 4.39 Å². The van der Waals surface area contributed by atoms with Crippen LogP contribution in [0.4, 0.5) is 4.39 Å². The molecule has 0 unspecified atom stereocenters. The molecule has 0 atom stereocenters. The highest BCUT2D eigenvalue weighted by Gasteiger charge is 2.50. The van der Waals surface area contributed by atoms with Crippen LogP contribution < -0.4 is 0 Å². The summed E-state index contributed by atoms with van der Waals surface area (Å²) in [4.78, 5) is 28.3. The standard InChI is InChI=1S/C24H27FN2O4/c1-15-17(3-4-18-16(2)30-13-19(15)18)5-9-26-10-6-24(7-11-26)8-12-27(23(24)29)20-14-31-22(28)21(20)25/h3-4H,2,5-14H2,1H3. The number of fused-ring (bicyclic) bond motifs is 1. The number of halogens is 1. The summed E-state index contributed by atoms with van der Waals surface area (Å²) in [6.45, 7) is 9.66. The van der Waals surface area contributed by atoms with E-state index in [9.17, 15) is 14.0 Å². The lowest BCUT2D eigenvalue weighted by Gasteiger charge is -2.38. The topological polar surface area (TPSA) is 59.1 Å². The van der Waals surface area contributed by atoms with Crippen molar-refractivity contribution >= 4 is 17.6 Å². The van der Waals surface area contributed by atoms with Crippen molar-refractivity contribution in [1.29, 1.82) is 0 Å². The number of ether oxygens (including phenoxy) is 2. The Labute approximate surface area is 181 Å². The number of esters is 1. The van der Waals surface area contributed by atoms with E-state index in [0.29, 0.717) is 19.6 Å². The molecule has 1 aromatic rings. The molecule has 2 saturated heterocycles. The maximum atomic E-state index is 14.0. The molecule has 1 spiro atoms. The number of nitrogens with zero attached hydrogens (tertiary/aromatic N) is 2. The first-order chi connectivity index (χ1) is 14.9. The summed E-state index contributed by atoms with van der Waals surface area (Å²) in [5.74, 6) is -1.17. The predicted octanol–water partition coefficient (Wildman–Crippen LogP) is 3.09. The fraction of sp³-hybridized carbons (Fsp3) is 0.500. The molecule has 4 heterocycles. The number of rotatable bonds is 4. The zero-order valence-electron chi connectivity index (χ0n) is 17.8. The average Bonchev–Trinajstić information content (AvgIpc) is 3.41. The first-order valence-electron chi connectivity index (χ1n) is 10.9. The molecule has 0 aromatic heterocycles. The quantitative estimate of drug-likeness (QED) is 0.693. The van der Waals surface area contributed by atoms with Gasteiger partial charge in [0.05, 0.1) is 5.41 Å². The molecule has 0 aliphatic carbocycles. The lowest BCUT2D eigenvalue weighted by Crippen LogP contribution is -2.45. The van der Waals surface area contributed by atoms with Crippen molar-refractivity contribution in [2.24, 2.45) is 5.41 Å². The highest BCUT2D eigenvalue weighted by Crippen LogP contribution is 2.44. The van der Waals surface area contributed by atoms with Gasteiger partial charge in [-0.05, 0) is 56.8 Å². The fourth-order valence-electron chi connectivity index (χ4n) is 5.36. The Kier molecular flexibility index (Phi) is 4.88. The maximum absolute atomic E-state index is 14.0. The minimum Gasteiger partial charge on any atom is -0.489 e. The Morgan fingerprint density at radius 3 is 2.55 bits per heavy atom. The summed E-state index contributed by atoms with van der Waals surface area (Å²) in [6.07, 6.45) is 3.19. The number of hydrogen-bond donors (Lipinski definition) is 0. The van der Waals surface area contributed by atoms with Crippen molar-refractivity contribution in [3.8, 4) is 0 Å². The van der Waals surface area contributed by atoms with Gasteiger partial charge in [-0.15, -0.1) is 0 Å². The molecule has 0 saturated carbocycles. The van der Waals surface area contributed by atoms with Gasteiger partial charge in [-0.25, -0.2) is 4.79 Å². The summed E-state index contributed by atoms with van der Waals surface area (Å²) in [6, 6.07) is 4.28.